The number of nitrogens with zero attached hydrogens (tertiary/aromatic N) is 3. The van der Waals surface area contributed by atoms with Crippen LogP contribution in [0.2, 0.25) is 0 Å². The Morgan fingerprint density at radius 1 is 1.18 bits per heavy atom. The minimum absolute atomic E-state index is 0. The largest absolute Gasteiger partial charge is 0.361 e. The summed E-state index contributed by atoms with van der Waals surface area (Å²) in [7, 11) is 3.52. The SMILES string of the molecule is CCc1noc(CC)c1CN=C(NCC(=O)N(C)C)NCC1CCCCC1.I. The zero-order valence-electron chi connectivity index (χ0n) is 17.7. The van der Waals surface area contributed by atoms with Crippen molar-refractivity contribution in [3.63, 3.8) is 0 Å². The molecule has 0 radical (unpaired) electrons. The van der Waals surface area contributed by atoms with Gasteiger partial charge in [-0.2, -0.15) is 0 Å². The Bertz CT molecular complexity index is 603. The number of carbonyl (C=O) groups excluding carboxylic acids is 1. The Morgan fingerprint density at radius 2 is 1.89 bits per heavy atom. The van der Waals surface area contributed by atoms with Gasteiger partial charge in [0.15, 0.2) is 5.96 Å². The maximum Gasteiger partial charge on any atom is 0.241 e. The Labute approximate surface area is 186 Å². The van der Waals surface area contributed by atoms with Gasteiger partial charge < -0.3 is 20.1 Å². The summed E-state index contributed by atoms with van der Waals surface area (Å²) in [5.41, 5.74) is 2.03. The number of hydrogen-bond donors (Lipinski definition) is 2. The van der Waals surface area contributed by atoms with E-state index < -0.39 is 0 Å². The molecule has 1 aliphatic carbocycles. The third kappa shape index (κ3) is 7.60. The molecule has 1 aliphatic rings. The summed E-state index contributed by atoms with van der Waals surface area (Å²) in [6.45, 7) is 5.76. The number of carbonyl (C=O) groups is 1. The molecule has 0 saturated heterocycles. The molecule has 0 aromatic carbocycles. The molecule has 0 spiro atoms. The summed E-state index contributed by atoms with van der Waals surface area (Å²) >= 11 is 0. The normalized spacial score (nSPS) is 15.1. The molecule has 8 heteroatoms. The molecule has 0 atom stereocenters. The lowest BCUT2D eigenvalue weighted by atomic mass is 9.89. The average Bonchev–Trinajstić information content (AvgIpc) is 3.09. The average molecular weight is 505 g/mol. The highest BCUT2D eigenvalue weighted by Crippen LogP contribution is 2.22. The molecule has 0 unspecified atom stereocenters. The van der Waals surface area contributed by atoms with E-state index in [2.05, 4.69) is 29.6 Å². The molecule has 1 aromatic rings. The third-order valence-corrected chi connectivity index (χ3v) is 5.19. The summed E-state index contributed by atoms with van der Waals surface area (Å²) in [5.74, 6) is 2.28. The fourth-order valence-electron chi connectivity index (χ4n) is 3.40. The number of amides is 1. The van der Waals surface area contributed by atoms with Gasteiger partial charge in [-0.3, -0.25) is 4.79 Å². The summed E-state index contributed by atoms with van der Waals surface area (Å²) in [4.78, 5) is 18.2. The molecule has 160 valence electrons. The van der Waals surface area contributed by atoms with Crippen molar-refractivity contribution in [2.75, 3.05) is 27.2 Å². The Morgan fingerprint density at radius 3 is 2.50 bits per heavy atom. The Hall–Kier alpha value is -1.32. The van der Waals surface area contributed by atoms with Crippen LogP contribution in [0.1, 0.15) is 63.0 Å². The maximum absolute atomic E-state index is 11.9. The molecular weight excluding hydrogens is 469 g/mol. The van der Waals surface area contributed by atoms with Crippen LogP contribution in [-0.4, -0.2) is 49.1 Å². The first kappa shape index (κ1) is 24.7. The zero-order chi connectivity index (χ0) is 19.6. The van der Waals surface area contributed by atoms with Crippen molar-refractivity contribution in [2.24, 2.45) is 10.9 Å². The number of aromatic nitrogens is 1. The number of halogens is 1. The molecule has 1 saturated carbocycles. The molecule has 1 aromatic heterocycles. The highest BCUT2D eigenvalue weighted by molar-refractivity contribution is 14.0. The molecule has 0 aliphatic heterocycles. The number of hydrogen-bond acceptors (Lipinski definition) is 4. The van der Waals surface area contributed by atoms with Gasteiger partial charge in [-0.15, -0.1) is 24.0 Å². The van der Waals surface area contributed by atoms with E-state index in [1.54, 1.807) is 19.0 Å². The van der Waals surface area contributed by atoms with Gasteiger partial charge in [-0.25, -0.2) is 4.99 Å². The van der Waals surface area contributed by atoms with E-state index in [1.165, 1.54) is 32.1 Å². The van der Waals surface area contributed by atoms with E-state index in [1.807, 2.05) is 0 Å². The predicted octanol–water partition coefficient (Wildman–Crippen LogP) is 3.12. The molecular formula is C20H36IN5O2. The molecule has 0 bridgehead atoms. The van der Waals surface area contributed by atoms with Gasteiger partial charge in [-0.05, 0) is 25.2 Å². The Kier molecular flexibility index (Phi) is 11.5. The van der Waals surface area contributed by atoms with Gasteiger partial charge in [-0.1, -0.05) is 38.3 Å². The van der Waals surface area contributed by atoms with Gasteiger partial charge in [0.05, 0.1) is 18.8 Å². The van der Waals surface area contributed by atoms with Crippen molar-refractivity contribution in [1.82, 2.24) is 20.7 Å². The molecule has 1 heterocycles. The van der Waals surface area contributed by atoms with E-state index in [0.29, 0.717) is 18.4 Å². The minimum Gasteiger partial charge on any atom is -0.361 e. The quantitative estimate of drug-likeness (QED) is 0.322. The van der Waals surface area contributed by atoms with Crippen LogP contribution < -0.4 is 10.6 Å². The summed E-state index contributed by atoms with van der Waals surface area (Å²) < 4.78 is 5.43. The van der Waals surface area contributed by atoms with Crippen molar-refractivity contribution >= 4 is 35.8 Å². The lowest BCUT2D eigenvalue weighted by Crippen LogP contribution is -2.44. The van der Waals surface area contributed by atoms with E-state index in [0.717, 1.165) is 36.4 Å². The van der Waals surface area contributed by atoms with Crippen LogP contribution >= 0.6 is 24.0 Å². The second-order valence-electron chi connectivity index (χ2n) is 7.43. The van der Waals surface area contributed by atoms with Gasteiger partial charge in [0.1, 0.15) is 5.76 Å². The van der Waals surface area contributed by atoms with Crippen molar-refractivity contribution in [2.45, 2.75) is 65.3 Å². The van der Waals surface area contributed by atoms with Gasteiger partial charge in [0.25, 0.3) is 0 Å². The number of rotatable bonds is 8. The van der Waals surface area contributed by atoms with E-state index in [4.69, 9.17) is 9.52 Å². The molecule has 2 rings (SSSR count). The van der Waals surface area contributed by atoms with Crippen LogP contribution in [0.25, 0.3) is 0 Å². The summed E-state index contributed by atoms with van der Waals surface area (Å²) in [5, 5.41) is 10.8. The van der Waals surface area contributed by atoms with Gasteiger partial charge >= 0.3 is 0 Å². The third-order valence-electron chi connectivity index (χ3n) is 5.19. The summed E-state index contributed by atoms with van der Waals surface area (Å²) in [6.07, 6.45) is 8.13. The molecule has 7 nitrogen and oxygen atoms in total. The highest BCUT2D eigenvalue weighted by atomic mass is 127. The van der Waals surface area contributed by atoms with Gasteiger partial charge in [0.2, 0.25) is 5.91 Å². The van der Waals surface area contributed by atoms with E-state index in [-0.39, 0.29) is 36.4 Å². The maximum atomic E-state index is 11.9. The van der Waals surface area contributed by atoms with Crippen molar-refractivity contribution in [3.8, 4) is 0 Å². The molecule has 28 heavy (non-hydrogen) atoms. The topological polar surface area (TPSA) is 82.8 Å². The fraction of sp³-hybridized carbons (Fsp3) is 0.750. The van der Waals surface area contributed by atoms with Crippen molar-refractivity contribution in [1.29, 1.82) is 0 Å². The summed E-state index contributed by atoms with van der Waals surface area (Å²) in [6, 6.07) is 0. The first-order chi connectivity index (χ1) is 13.0. The van der Waals surface area contributed by atoms with Crippen LogP contribution in [-0.2, 0) is 24.2 Å². The smallest absolute Gasteiger partial charge is 0.241 e. The van der Waals surface area contributed by atoms with Crippen LogP contribution in [0.5, 0.6) is 0 Å². The number of guanidine groups is 1. The van der Waals surface area contributed by atoms with Crippen LogP contribution in [0, 0.1) is 5.92 Å². The molecule has 1 amide bonds. The van der Waals surface area contributed by atoms with E-state index in [9.17, 15) is 4.79 Å². The lowest BCUT2D eigenvalue weighted by Gasteiger charge is -2.23. The minimum atomic E-state index is 0. The number of likely N-dealkylation sites (N-methyl/N-ethyl adjacent to an activating group) is 1. The van der Waals surface area contributed by atoms with Crippen LogP contribution in [0.3, 0.4) is 0 Å². The van der Waals surface area contributed by atoms with Gasteiger partial charge in [0, 0.05) is 32.6 Å². The second-order valence-corrected chi connectivity index (χ2v) is 7.43. The first-order valence-electron chi connectivity index (χ1n) is 10.2. The van der Waals surface area contributed by atoms with Crippen molar-refractivity contribution < 1.29 is 9.32 Å². The molecule has 1 fully saturated rings. The number of nitrogens with one attached hydrogen (secondary N) is 2. The standard InChI is InChI=1S/C20H35N5O2.HI/c1-5-17-16(18(6-2)27-24-17)13-22-20(23-14-19(26)25(3)4)21-12-15-10-8-7-9-11-15;/h15H,5-14H2,1-4H3,(H2,21,22,23);1H. The predicted molar refractivity (Wildman–Crippen MR) is 123 cm³/mol. The first-order valence-corrected chi connectivity index (χ1v) is 10.2. The molecule has 2 N–H and O–H groups in total. The van der Waals surface area contributed by atoms with Crippen molar-refractivity contribution in [3.05, 3.63) is 17.0 Å². The second kappa shape index (κ2) is 13.0. The number of aryl methyl sites for hydroxylation is 2. The number of aliphatic imine (C=N–C) groups is 1. The zero-order valence-corrected chi connectivity index (χ0v) is 20.0. The van der Waals surface area contributed by atoms with Crippen LogP contribution in [0.15, 0.2) is 9.52 Å². The highest BCUT2D eigenvalue weighted by Gasteiger charge is 2.16. The fourth-order valence-corrected chi connectivity index (χ4v) is 3.40. The van der Waals surface area contributed by atoms with Crippen LogP contribution in [0.4, 0.5) is 0 Å². The lowest BCUT2D eigenvalue weighted by molar-refractivity contribution is -0.127. The van der Waals surface area contributed by atoms with E-state index >= 15 is 0 Å². The Balaban J connectivity index is 0.00000392. The monoisotopic (exact) mass is 505 g/mol.